The Morgan fingerprint density at radius 3 is 2.44 bits per heavy atom. The zero-order valence-electron chi connectivity index (χ0n) is 22.2. The van der Waals surface area contributed by atoms with Gasteiger partial charge < -0.3 is 24.3 Å². The first-order valence-electron chi connectivity index (χ1n) is 13.0. The number of alkyl halides is 1. The Labute approximate surface area is 232 Å². The first-order valence-corrected chi connectivity index (χ1v) is 13.0. The highest BCUT2D eigenvalue weighted by Gasteiger charge is 2.46. The lowest BCUT2D eigenvalue weighted by Gasteiger charge is -2.39. The molecule has 1 saturated heterocycles. The van der Waals surface area contributed by atoms with Crippen molar-refractivity contribution in [2.75, 3.05) is 13.7 Å². The number of hydrogen-bond donors (Lipinski definition) is 1. The molecule has 8 nitrogen and oxygen atoms in total. The van der Waals surface area contributed by atoms with Gasteiger partial charge in [-0.3, -0.25) is 14.4 Å². The molecule has 3 aromatic rings. The normalized spacial score (nSPS) is 21.7. The quantitative estimate of drug-likeness (QED) is 0.433. The summed E-state index contributed by atoms with van der Waals surface area (Å²) in [6.07, 6.45) is -1.00. The molecule has 4 atom stereocenters. The van der Waals surface area contributed by atoms with Gasteiger partial charge in [-0.15, -0.1) is 0 Å². The first kappa shape index (κ1) is 28.3. The predicted molar refractivity (Wildman–Crippen MR) is 139 cm³/mol. The van der Waals surface area contributed by atoms with Crippen LogP contribution in [0.5, 0.6) is 5.75 Å². The Kier molecular flexibility index (Phi) is 7.85. The fourth-order valence-corrected chi connectivity index (χ4v) is 5.29. The molecule has 1 fully saturated rings. The zero-order valence-corrected chi connectivity index (χ0v) is 22.2. The van der Waals surface area contributed by atoms with Crippen LogP contribution in [0.2, 0.25) is 0 Å². The maximum atomic E-state index is 15.1. The SMILES string of the molecule is CO[C@@H]1C[C@H](F)[C@H](C)N2C[C@H]1n1cc(C(=O)NCc3c(F)cc(F)cc3F)c(=O)c(OCc3ccccc3)c1C2=O. The van der Waals surface area contributed by atoms with E-state index in [1.54, 1.807) is 37.3 Å². The molecule has 0 unspecified atom stereocenters. The van der Waals surface area contributed by atoms with Crippen molar-refractivity contribution < 1.29 is 36.6 Å². The van der Waals surface area contributed by atoms with Gasteiger partial charge in [0.1, 0.15) is 35.8 Å². The summed E-state index contributed by atoms with van der Waals surface area (Å²) in [5.41, 5.74) is -1.48. The number of hydrogen-bond acceptors (Lipinski definition) is 5. The van der Waals surface area contributed by atoms with Crippen LogP contribution in [0.25, 0.3) is 0 Å². The molecule has 2 amide bonds. The van der Waals surface area contributed by atoms with Gasteiger partial charge in [-0.05, 0) is 12.5 Å². The number of amides is 2. The van der Waals surface area contributed by atoms with E-state index in [4.69, 9.17) is 9.47 Å². The van der Waals surface area contributed by atoms with E-state index >= 15 is 4.39 Å². The van der Waals surface area contributed by atoms with Crippen LogP contribution in [0.3, 0.4) is 0 Å². The number of methoxy groups -OCH3 is 1. The zero-order chi connectivity index (χ0) is 29.4. The minimum Gasteiger partial charge on any atom is -0.483 e. The molecule has 2 aliphatic rings. The van der Waals surface area contributed by atoms with Gasteiger partial charge in [0, 0.05) is 50.5 Å². The number of ether oxygens (including phenoxy) is 2. The number of carbonyl (C=O) groups is 2. The summed E-state index contributed by atoms with van der Waals surface area (Å²) in [4.78, 5) is 41.9. The van der Waals surface area contributed by atoms with Crippen molar-refractivity contribution in [3.63, 3.8) is 0 Å². The molecule has 0 spiro atoms. The Bertz CT molecular complexity index is 1520. The van der Waals surface area contributed by atoms with Crippen LogP contribution in [0.1, 0.15) is 51.4 Å². The molecule has 2 aromatic carbocycles. The van der Waals surface area contributed by atoms with Crippen molar-refractivity contribution in [2.45, 2.75) is 50.9 Å². The third-order valence-electron chi connectivity index (χ3n) is 7.60. The van der Waals surface area contributed by atoms with Gasteiger partial charge in [0.2, 0.25) is 5.43 Å². The smallest absolute Gasteiger partial charge is 0.274 e. The molecule has 2 bridgehead atoms. The van der Waals surface area contributed by atoms with E-state index < -0.39 is 82.5 Å². The van der Waals surface area contributed by atoms with Crippen molar-refractivity contribution in [1.82, 2.24) is 14.8 Å². The summed E-state index contributed by atoms with van der Waals surface area (Å²) in [7, 11) is 1.41. The van der Waals surface area contributed by atoms with Crippen LogP contribution < -0.4 is 15.5 Å². The fraction of sp³-hybridized carbons (Fsp3) is 0.345. The van der Waals surface area contributed by atoms with Gasteiger partial charge in [0.25, 0.3) is 11.8 Å². The van der Waals surface area contributed by atoms with Crippen molar-refractivity contribution in [2.24, 2.45) is 0 Å². The van der Waals surface area contributed by atoms with Crippen LogP contribution in [-0.2, 0) is 17.9 Å². The first-order chi connectivity index (χ1) is 19.6. The molecule has 0 saturated carbocycles. The van der Waals surface area contributed by atoms with E-state index in [1.807, 2.05) is 0 Å². The number of nitrogens with zero attached hydrogens (tertiary/aromatic N) is 2. The highest BCUT2D eigenvalue weighted by atomic mass is 19.1. The van der Waals surface area contributed by atoms with E-state index in [9.17, 15) is 27.6 Å². The van der Waals surface area contributed by atoms with Crippen LogP contribution in [0.15, 0.2) is 53.5 Å². The molecule has 0 aliphatic carbocycles. The van der Waals surface area contributed by atoms with E-state index in [1.165, 1.54) is 16.6 Å². The van der Waals surface area contributed by atoms with E-state index in [2.05, 4.69) is 5.32 Å². The Hall–Kier alpha value is -4.19. The van der Waals surface area contributed by atoms with Gasteiger partial charge in [-0.1, -0.05) is 30.3 Å². The van der Waals surface area contributed by atoms with Gasteiger partial charge in [0.15, 0.2) is 11.4 Å². The number of pyridine rings is 1. The van der Waals surface area contributed by atoms with Crippen LogP contribution in [0.4, 0.5) is 17.6 Å². The average molecular weight is 574 g/mol. The van der Waals surface area contributed by atoms with Gasteiger partial charge in [0.05, 0.1) is 18.2 Å². The molecular weight excluding hydrogens is 546 g/mol. The molecule has 216 valence electrons. The summed E-state index contributed by atoms with van der Waals surface area (Å²) >= 11 is 0. The number of benzene rings is 2. The minimum absolute atomic E-state index is 0.0392. The lowest BCUT2D eigenvalue weighted by molar-refractivity contribution is 0.0312. The number of nitrogens with one attached hydrogen (secondary N) is 1. The fourth-order valence-electron chi connectivity index (χ4n) is 5.29. The summed E-state index contributed by atoms with van der Waals surface area (Å²) in [6, 6.07) is 8.27. The third kappa shape index (κ3) is 5.31. The Morgan fingerprint density at radius 1 is 1.10 bits per heavy atom. The number of carbonyl (C=O) groups excluding carboxylic acids is 2. The summed E-state index contributed by atoms with van der Waals surface area (Å²) < 4.78 is 69.6. The lowest BCUT2D eigenvalue weighted by atomic mass is 10.0. The Morgan fingerprint density at radius 2 is 1.78 bits per heavy atom. The number of fused-ring (bicyclic) bond motifs is 4. The maximum absolute atomic E-state index is 15.1. The van der Waals surface area contributed by atoms with Crippen molar-refractivity contribution in [1.29, 1.82) is 0 Å². The second-order valence-electron chi connectivity index (χ2n) is 10.1. The average Bonchev–Trinajstić information content (AvgIpc) is 3.05. The van der Waals surface area contributed by atoms with E-state index in [0.29, 0.717) is 17.7 Å². The third-order valence-corrected chi connectivity index (χ3v) is 7.60. The highest BCUT2D eigenvalue weighted by molar-refractivity contribution is 5.99. The molecular formula is C29H27F4N3O5. The molecule has 12 heteroatoms. The largest absolute Gasteiger partial charge is 0.483 e. The second kappa shape index (κ2) is 11.4. The van der Waals surface area contributed by atoms with Crippen molar-refractivity contribution in [3.05, 3.63) is 98.7 Å². The van der Waals surface area contributed by atoms with Crippen LogP contribution in [-0.4, -0.2) is 53.3 Å². The summed E-state index contributed by atoms with van der Waals surface area (Å²) in [6.45, 7) is 0.828. The highest BCUT2D eigenvalue weighted by Crippen LogP contribution is 2.37. The molecule has 5 rings (SSSR count). The lowest BCUT2D eigenvalue weighted by Crippen LogP contribution is -2.50. The molecule has 1 aromatic heterocycles. The topological polar surface area (TPSA) is 89.9 Å². The predicted octanol–water partition coefficient (Wildman–Crippen LogP) is 3.92. The minimum atomic E-state index is -1.41. The van der Waals surface area contributed by atoms with Crippen LogP contribution in [0, 0.1) is 17.5 Å². The molecule has 2 aliphatic heterocycles. The summed E-state index contributed by atoms with van der Waals surface area (Å²) in [5, 5.41) is 2.29. The molecule has 3 heterocycles. The van der Waals surface area contributed by atoms with E-state index in [0.717, 1.165) is 6.20 Å². The maximum Gasteiger partial charge on any atom is 0.274 e. The molecule has 41 heavy (non-hydrogen) atoms. The van der Waals surface area contributed by atoms with Gasteiger partial charge >= 0.3 is 0 Å². The molecule has 0 radical (unpaired) electrons. The van der Waals surface area contributed by atoms with Crippen molar-refractivity contribution in [3.8, 4) is 5.75 Å². The van der Waals surface area contributed by atoms with E-state index in [-0.39, 0.29) is 25.3 Å². The van der Waals surface area contributed by atoms with Gasteiger partial charge in [-0.2, -0.15) is 0 Å². The Balaban J connectivity index is 1.59. The number of halogens is 4. The standard InChI is InChI=1S/C29H27F4N3O5/c1-15-20(31)10-24(40-2)23-13-35(15)29(39)25-27(41-14-16-6-4-3-5-7-16)26(37)19(12-36(23)25)28(38)34-11-18-21(32)8-17(30)9-22(18)33/h3-9,12,15,20,23-24H,10-11,13-14H2,1-2H3,(H,34,38)/t15-,20-,23+,24+/m0/s1. The van der Waals surface area contributed by atoms with Gasteiger partial charge in [-0.25, -0.2) is 17.6 Å². The number of rotatable bonds is 7. The monoisotopic (exact) mass is 573 g/mol. The molecule has 1 N–H and O–H groups in total. The second-order valence-corrected chi connectivity index (χ2v) is 10.1. The van der Waals surface area contributed by atoms with Crippen LogP contribution >= 0.6 is 0 Å². The summed E-state index contributed by atoms with van der Waals surface area (Å²) in [5.74, 6) is -5.61. The number of aromatic nitrogens is 1. The van der Waals surface area contributed by atoms with Crippen molar-refractivity contribution >= 4 is 11.8 Å².